The first-order chi connectivity index (χ1) is 9.20. The van der Waals surface area contributed by atoms with Crippen LogP contribution in [0.5, 0.6) is 0 Å². The summed E-state index contributed by atoms with van der Waals surface area (Å²) in [4.78, 5) is 0.297. The van der Waals surface area contributed by atoms with Crippen molar-refractivity contribution in [1.29, 1.82) is 0 Å². The van der Waals surface area contributed by atoms with Crippen LogP contribution in [-0.2, 0) is 10.0 Å². The Balaban J connectivity index is 2.12. The van der Waals surface area contributed by atoms with Gasteiger partial charge in [0.15, 0.2) is 0 Å². The van der Waals surface area contributed by atoms with Crippen molar-refractivity contribution < 1.29 is 8.42 Å². The summed E-state index contributed by atoms with van der Waals surface area (Å²) >= 11 is 6.65. The summed E-state index contributed by atoms with van der Waals surface area (Å²) in [7, 11) is -3.46. The molecule has 1 aliphatic rings. The van der Waals surface area contributed by atoms with Crippen LogP contribution in [-0.4, -0.2) is 14.5 Å². The van der Waals surface area contributed by atoms with Gasteiger partial charge in [0.2, 0.25) is 10.0 Å². The van der Waals surface area contributed by atoms with Crippen LogP contribution < -0.4 is 4.72 Å². The van der Waals surface area contributed by atoms with E-state index >= 15 is 0 Å². The Morgan fingerprint density at radius 2 is 1.80 bits per heavy atom. The quantitative estimate of drug-likeness (QED) is 0.778. The molecule has 6 heteroatoms. The second-order valence-corrected chi connectivity index (χ2v) is 9.59. The zero-order chi connectivity index (χ0) is 15.0. The molecule has 2 rings (SSSR count). The molecule has 3 nitrogen and oxygen atoms in total. The lowest BCUT2D eigenvalue weighted by molar-refractivity contribution is 0.218. The highest BCUT2D eigenvalue weighted by Crippen LogP contribution is 2.35. The van der Waals surface area contributed by atoms with Crippen molar-refractivity contribution in [1.82, 2.24) is 4.72 Å². The number of rotatable bonds is 3. The van der Waals surface area contributed by atoms with E-state index in [1.807, 2.05) is 0 Å². The van der Waals surface area contributed by atoms with Crippen LogP contribution in [0.3, 0.4) is 0 Å². The molecule has 0 amide bonds. The van der Waals surface area contributed by atoms with Crippen LogP contribution in [0.4, 0.5) is 0 Å². The molecule has 112 valence electrons. The molecule has 0 spiro atoms. The second kappa shape index (κ2) is 6.07. The van der Waals surface area contributed by atoms with E-state index in [0.717, 1.165) is 30.2 Å². The molecule has 1 aliphatic carbocycles. The molecule has 0 heterocycles. The molecule has 0 saturated heterocycles. The molecule has 1 aromatic carbocycles. The number of hydrogen-bond acceptors (Lipinski definition) is 2. The standard InChI is InChI=1S/C14H19Br2NO2S/c1-14(2)7-5-11(6-8-14)17-20(18,19)13-4-3-10(15)9-12(13)16/h3-4,9,11,17H,5-8H2,1-2H3. The highest BCUT2D eigenvalue weighted by molar-refractivity contribution is 9.11. The molecule has 0 atom stereocenters. The summed E-state index contributed by atoms with van der Waals surface area (Å²) in [6.45, 7) is 4.48. The Hall–Kier alpha value is 0.0900. The summed E-state index contributed by atoms with van der Waals surface area (Å²) in [5, 5.41) is 0. The van der Waals surface area contributed by atoms with E-state index < -0.39 is 10.0 Å². The fourth-order valence-electron chi connectivity index (χ4n) is 2.49. The zero-order valence-electron chi connectivity index (χ0n) is 11.6. The van der Waals surface area contributed by atoms with E-state index in [0.29, 0.717) is 14.8 Å². The van der Waals surface area contributed by atoms with Gasteiger partial charge in [0, 0.05) is 15.0 Å². The van der Waals surface area contributed by atoms with Crippen molar-refractivity contribution in [3.05, 3.63) is 27.1 Å². The van der Waals surface area contributed by atoms with Gasteiger partial charge in [-0.1, -0.05) is 29.8 Å². The van der Waals surface area contributed by atoms with Crippen molar-refractivity contribution >= 4 is 41.9 Å². The maximum atomic E-state index is 12.4. The Morgan fingerprint density at radius 3 is 2.35 bits per heavy atom. The lowest BCUT2D eigenvalue weighted by atomic mass is 9.76. The molecule has 20 heavy (non-hydrogen) atoms. The van der Waals surface area contributed by atoms with E-state index in [1.54, 1.807) is 18.2 Å². The maximum absolute atomic E-state index is 12.4. The molecule has 0 aromatic heterocycles. The van der Waals surface area contributed by atoms with Crippen LogP contribution in [0.15, 0.2) is 32.0 Å². The summed E-state index contributed by atoms with van der Waals surface area (Å²) < 4.78 is 29.1. The van der Waals surface area contributed by atoms with Crippen molar-refractivity contribution in [3.8, 4) is 0 Å². The van der Waals surface area contributed by atoms with Crippen LogP contribution in [0.25, 0.3) is 0 Å². The van der Waals surface area contributed by atoms with Crippen LogP contribution in [0.1, 0.15) is 39.5 Å². The summed E-state index contributed by atoms with van der Waals surface area (Å²) in [5.41, 5.74) is 0.333. The first-order valence-corrected chi connectivity index (χ1v) is 9.74. The van der Waals surface area contributed by atoms with Crippen LogP contribution in [0, 0.1) is 5.41 Å². The molecule has 1 saturated carbocycles. The first-order valence-electron chi connectivity index (χ1n) is 6.67. The third kappa shape index (κ3) is 4.06. The SMILES string of the molecule is CC1(C)CCC(NS(=O)(=O)c2ccc(Br)cc2Br)CC1. The second-order valence-electron chi connectivity index (χ2n) is 6.13. The third-order valence-corrected chi connectivity index (χ3v) is 6.83. The highest BCUT2D eigenvalue weighted by atomic mass is 79.9. The van der Waals surface area contributed by atoms with Crippen molar-refractivity contribution in [3.63, 3.8) is 0 Å². The maximum Gasteiger partial charge on any atom is 0.241 e. The molecular formula is C14H19Br2NO2S. The highest BCUT2D eigenvalue weighted by Gasteiger charge is 2.30. The lowest BCUT2D eigenvalue weighted by Gasteiger charge is -2.34. The molecule has 0 bridgehead atoms. The Bertz CT molecular complexity index is 589. The average Bonchev–Trinajstić information content (AvgIpc) is 2.31. The molecule has 1 aromatic rings. The minimum absolute atomic E-state index is 0.0450. The Labute approximate surface area is 137 Å². The van der Waals surface area contributed by atoms with Crippen LogP contribution in [0.2, 0.25) is 0 Å². The van der Waals surface area contributed by atoms with Gasteiger partial charge in [-0.05, 0) is 65.2 Å². The summed E-state index contributed by atoms with van der Waals surface area (Å²) in [5.74, 6) is 0. The van der Waals surface area contributed by atoms with Gasteiger partial charge in [-0.15, -0.1) is 0 Å². The minimum atomic E-state index is -3.46. The first kappa shape index (κ1) is 16.5. The van der Waals surface area contributed by atoms with Crippen LogP contribution >= 0.6 is 31.9 Å². The number of hydrogen-bond donors (Lipinski definition) is 1. The molecule has 0 radical (unpaired) electrons. The van der Waals surface area contributed by atoms with Gasteiger partial charge in [0.1, 0.15) is 0 Å². The van der Waals surface area contributed by atoms with E-state index in [2.05, 4.69) is 50.4 Å². The number of halogens is 2. The molecule has 1 fully saturated rings. The molecule has 0 unspecified atom stereocenters. The lowest BCUT2D eigenvalue weighted by Crippen LogP contribution is -2.39. The molecule has 1 N–H and O–H groups in total. The largest absolute Gasteiger partial charge is 0.241 e. The third-order valence-electron chi connectivity index (χ3n) is 3.84. The topological polar surface area (TPSA) is 46.2 Å². The number of benzene rings is 1. The predicted octanol–water partition coefficient (Wildman–Crippen LogP) is 4.46. The minimum Gasteiger partial charge on any atom is -0.208 e. The fourth-order valence-corrected chi connectivity index (χ4v) is 5.54. The predicted molar refractivity (Wildman–Crippen MR) is 88.2 cm³/mol. The zero-order valence-corrected chi connectivity index (χ0v) is 15.6. The number of sulfonamides is 1. The van der Waals surface area contributed by atoms with E-state index in [1.165, 1.54) is 0 Å². The van der Waals surface area contributed by atoms with Crippen molar-refractivity contribution in [2.45, 2.75) is 50.5 Å². The van der Waals surface area contributed by atoms with E-state index in [4.69, 9.17) is 0 Å². The Morgan fingerprint density at radius 1 is 1.20 bits per heavy atom. The van der Waals surface area contributed by atoms with Crippen molar-refractivity contribution in [2.75, 3.05) is 0 Å². The van der Waals surface area contributed by atoms with Gasteiger partial charge < -0.3 is 0 Å². The summed E-state index contributed by atoms with van der Waals surface area (Å²) in [6, 6.07) is 5.15. The monoisotopic (exact) mass is 423 g/mol. The van der Waals surface area contributed by atoms with Gasteiger partial charge in [-0.25, -0.2) is 13.1 Å². The van der Waals surface area contributed by atoms with Gasteiger partial charge in [-0.2, -0.15) is 0 Å². The van der Waals surface area contributed by atoms with Gasteiger partial charge in [0.05, 0.1) is 4.90 Å². The van der Waals surface area contributed by atoms with Gasteiger partial charge >= 0.3 is 0 Å². The number of nitrogens with one attached hydrogen (secondary N) is 1. The van der Waals surface area contributed by atoms with Gasteiger partial charge in [0.25, 0.3) is 0 Å². The normalized spacial score (nSPS) is 20.0. The van der Waals surface area contributed by atoms with Gasteiger partial charge in [-0.3, -0.25) is 0 Å². The average molecular weight is 425 g/mol. The molecular weight excluding hydrogens is 406 g/mol. The van der Waals surface area contributed by atoms with E-state index in [-0.39, 0.29) is 6.04 Å². The van der Waals surface area contributed by atoms with Crippen molar-refractivity contribution in [2.24, 2.45) is 5.41 Å². The van der Waals surface area contributed by atoms with E-state index in [9.17, 15) is 8.42 Å². The smallest absolute Gasteiger partial charge is 0.208 e. The summed E-state index contributed by atoms with van der Waals surface area (Å²) in [6.07, 6.45) is 3.92. The Kier molecular flexibility index (Phi) is 4.99. The molecule has 0 aliphatic heterocycles. The fraction of sp³-hybridized carbons (Fsp3) is 0.571.